The Hall–Kier alpha value is -1.47. The normalized spacial score (nSPS) is 20.8. The van der Waals surface area contributed by atoms with Gasteiger partial charge in [0.05, 0.1) is 13.1 Å². The van der Waals surface area contributed by atoms with E-state index in [0.29, 0.717) is 18.9 Å². The number of imide groups is 1. The summed E-state index contributed by atoms with van der Waals surface area (Å²) in [6.45, 7) is 2.47. The van der Waals surface area contributed by atoms with Crippen molar-refractivity contribution < 1.29 is 19.5 Å². The largest absolute Gasteiger partial charge is 0.396 e. The Labute approximate surface area is 124 Å². The summed E-state index contributed by atoms with van der Waals surface area (Å²) in [6, 6.07) is 0. The molecule has 0 radical (unpaired) electrons. The zero-order valence-electron chi connectivity index (χ0n) is 12.2. The molecule has 7 heteroatoms. The molecule has 118 valence electrons. The number of amides is 3. The Morgan fingerprint density at radius 3 is 2.38 bits per heavy atom. The molecule has 2 heterocycles. The Morgan fingerprint density at radius 1 is 1.14 bits per heavy atom. The summed E-state index contributed by atoms with van der Waals surface area (Å²) < 4.78 is 0. The maximum absolute atomic E-state index is 11.8. The van der Waals surface area contributed by atoms with Gasteiger partial charge in [-0.05, 0) is 38.3 Å². The molecular weight excluding hydrogens is 274 g/mol. The highest BCUT2D eigenvalue weighted by Crippen LogP contribution is 2.15. The molecule has 0 aromatic rings. The van der Waals surface area contributed by atoms with Crippen LogP contribution in [-0.4, -0.2) is 72.0 Å². The van der Waals surface area contributed by atoms with Crippen LogP contribution in [0.3, 0.4) is 0 Å². The first-order valence-corrected chi connectivity index (χ1v) is 7.52. The smallest absolute Gasteiger partial charge is 0.246 e. The summed E-state index contributed by atoms with van der Waals surface area (Å²) in [6.07, 6.45) is 3.01. The number of nitrogens with zero attached hydrogens (tertiary/aromatic N) is 2. The van der Waals surface area contributed by atoms with Crippen LogP contribution in [0.2, 0.25) is 0 Å². The fraction of sp³-hybridized carbons (Fsp3) is 0.786. The molecule has 0 atom stereocenters. The fourth-order valence-corrected chi connectivity index (χ4v) is 2.81. The van der Waals surface area contributed by atoms with Crippen LogP contribution in [0.25, 0.3) is 0 Å². The average molecular weight is 297 g/mol. The number of carbonyl (C=O) groups excluding carboxylic acids is 3. The molecule has 21 heavy (non-hydrogen) atoms. The summed E-state index contributed by atoms with van der Waals surface area (Å²) in [7, 11) is 0. The number of carbonyl (C=O) groups is 3. The number of aliphatic hydroxyl groups excluding tert-OH is 1. The third kappa shape index (κ3) is 4.78. The van der Waals surface area contributed by atoms with Crippen LogP contribution < -0.4 is 5.32 Å². The quantitative estimate of drug-likeness (QED) is 0.676. The van der Waals surface area contributed by atoms with Gasteiger partial charge in [-0.3, -0.25) is 24.6 Å². The maximum atomic E-state index is 11.8. The van der Waals surface area contributed by atoms with Crippen LogP contribution >= 0.6 is 0 Å². The van der Waals surface area contributed by atoms with Gasteiger partial charge in [0.15, 0.2) is 0 Å². The molecule has 0 unspecified atom stereocenters. The lowest BCUT2D eigenvalue weighted by molar-refractivity contribution is -0.136. The minimum absolute atomic E-state index is 0.0244. The number of likely N-dealkylation sites (tertiary alicyclic amines) is 2. The van der Waals surface area contributed by atoms with Crippen molar-refractivity contribution in [1.29, 1.82) is 0 Å². The van der Waals surface area contributed by atoms with E-state index in [1.165, 1.54) is 4.90 Å². The number of piperidine rings is 1. The van der Waals surface area contributed by atoms with Crippen LogP contribution in [0, 0.1) is 5.92 Å². The van der Waals surface area contributed by atoms with Crippen LogP contribution in [0.15, 0.2) is 0 Å². The van der Waals surface area contributed by atoms with Crippen LogP contribution in [0.1, 0.15) is 25.7 Å². The minimum Gasteiger partial charge on any atom is -0.396 e. The summed E-state index contributed by atoms with van der Waals surface area (Å²) in [4.78, 5) is 38.4. The number of nitrogens with one attached hydrogen (secondary N) is 1. The molecular formula is C14H23N3O4. The first-order chi connectivity index (χ1) is 10.1. The predicted molar refractivity (Wildman–Crippen MR) is 75.2 cm³/mol. The second kappa shape index (κ2) is 7.51. The summed E-state index contributed by atoms with van der Waals surface area (Å²) in [5.41, 5.74) is 0. The van der Waals surface area contributed by atoms with Gasteiger partial charge in [0.2, 0.25) is 17.7 Å². The van der Waals surface area contributed by atoms with Crippen molar-refractivity contribution in [2.24, 2.45) is 5.92 Å². The van der Waals surface area contributed by atoms with Gasteiger partial charge in [0.1, 0.15) is 0 Å². The zero-order chi connectivity index (χ0) is 15.2. The van der Waals surface area contributed by atoms with Crippen LogP contribution in [0.5, 0.6) is 0 Å². The molecule has 0 bridgehead atoms. The summed E-state index contributed by atoms with van der Waals surface area (Å²) in [5.74, 6) is -0.439. The Bertz CT molecular complexity index is 405. The first kappa shape index (κ1) is 15.9. The van der Waals surface area contributed by atoms with Gasteiger partial charge in [-0.1, -0.05) is 0 Å². The monoisotopic (exact) mass is 297 g/mol. The van der Waals surface area contributed by atoms with Crippen molar-refractivity contribution >= 4 is 17.7 Å². The molecule has 2 fully saturated rings. The van der Waals surface area contributed by atoms with Crippen LogP contribution in [-0.2, 0) is 14.4 Å². The van der Waals surface area contributed by atoms with Gasteiger partial charge in [-0.25, -0.2) is 0 Å². The number of hydrogen-bond donors (Lipinski definition) is 2. The maximum Gasteiger partial charge on any atom is 0.246 e. The van der Waals surface area contributed by atoms with E-state index in [9.17, 15) is 14.4 Å². The van der Waals surface area contributed by atoms with Gasteiger partial charge >= 0.3 is 0 Å². The van der Waals surface area contributed by atoms with Gasteiger partial charge in [0.25, 0.3) is 0 Å². The van der Waals surface area contributed by atoms with Crippen molar-refractivity contribution in [3.63, 3.8) is 0 Å². The van der Waals surface area contributed by atoms with Gasteiger partial charge in [-0.15, -0.1) is 0 Å². The molecule has 2 aliphatic rings. The molecule has 2 saturated heterocycles. The molecule has 3 amide bonds. The summed E-state index contributed by atoms with van der Waals surface area (Å²) >= 11 is 0. The molecule has 2 rings (SSSR count). The van der Waals surface area contributed by atoms with E-state index in [-0.39, 0.29) is 31.5 Å². The Balaban J connectivity index is 1.67. The van der Waals surface area contributed by atoms with E-state index in [2.05, 4.69) is 5.32 Å². The average Bonchev–Trinajstić information content (AvgIpc) is 2.84. The van der Waals surface area contributed by atoms with Gasteiger partial charge in [-0.2, -0.15) is 0 Å². The lowest BCUT2D eigenvalue weighted by Gasteiger charge is -2.30. The molecule has 0 saturated carbocycles. The lowest BCUT2D eigenvalue weighted by Crippen LogP contribution is -2.46. The topological polar surface area (TPSA) is 90.0 Å². The molecule has 2 aliphatic heterocycles. The molecule has 2 N–H and O–H groups in total. The highest BCUT2D eigenvalue weighted by Gasteiger charge is 2.24. The minimum atomic E-state index is -0.416. The number of aliphatic hydroxyl groups is 1. The van der Waals surface area contributed by atoms with E-state index in [1.807, 2.05) is 4.90 Å². The lowest BCUT2D eigenvalue weighted by atomic mass is 9.98. The molecule has 0 aromatic carbocycles. The fourth-order valence-electron chi connectivity index (χ4n) is 2.81. The van der Waals surface area contributed by atoms with Crippen molar-refractivity contribution in [3.8, 4) is 0 Å². The Kier molecular flexibility index (Phi) is 5.69. The third-order valence-corrected chi connectivity index (χ3v) is 4.12. The molecule has 0 aromatic heterocycles. The number of rotatable bonds is 5. The van der Waals surface area contributed by atoms with Crippen molar-refractivity contribution in [1.82, 2.24) is 15.1 Å². The van der Waals surface area contributed by atoms with Crippen LogP contribution in [0.4, 0.5) is 0 Å². The van der Waals surface area contributed by atoms with E-state index >= 15 is 0 Å². The highest BCUT2D eigenvalue weighted by molar-refractivity contribution is 5.98. The second-order valence-electron chi connectivity index (χ2n) is 5.79. The van der Waals surface area contributed by atoms with Gasteiger partial charge < -0.3 is 10.0 Å². The third-order valence-electron chi connectivity index (χ3n) is 4.12. The van der Waals surface area contributed by atoms with E-state index in [1.54, 1.807) is 0 Å². The summed E-state index contributed by atoms with van der Waals surface area (Å²) in [5, 5.41) is 11.4. The second-order valence-corrected chi connectivity index (χ2v) is 5.79. The van der Waals surface area contributed by atoms with Crippen molar-refractivity contribution in [2.45, 2.75) is 25.7 Å². The highest BCUT2D eigenvalue weighted by atomic mass is 16.3. The van der Waals surface area contributed by atoms with Gasteiger partial charge in [0, 0.05) is 19.6 Å². The zero-order valence-corrected chi connectivity index (χ0v) is 12.2. The van der Waals surface area contributed by atoms with E-state index in [4.69, 9.17) is 5.11 Å². The van der Waals surface area contributed by atoms with Crippen molar-refractivity contribution in [2.75, 3.05) is 39.3 Å². The first-order valence-electron chi connectivity index (χ1n) is 7.52. The SMILES string of the molecule is O=C(CN1CCC(CO)CC1)NC(=O)CN1CCCC1=O. The molecule has 0 aliphatic carbocycles. The number of hydrogen-bond acceptors (Lipinski definition) is 5. The van der Waals surface area contributed by atoms with E-state index < -0.39 is 5.91 Å². The molecule has 0 spiro atoms. The van der Waals surface area contributed by atoms with E-state index in [0.717, 1.165) is 32.4 Å². The Morgan fingerprint density at radius 2 is 1.81 bits per heavy atom. The van der Waals surface area contributed by atoms with Crippen molar-refractivity contribution in [3.05, 3.63) is 0 Å². The predicted octanol–water partition coefficient (Wildman–Crippen LogP) is -1.04. The molecule has 7 nitrogen and oxygen atoms in total. The standard InChI is InChI=1S/C14H23N3O4/c18-10-11-3-6-16(7-4-11)8-12(19)15-13(20)9-17-5-1-2-14(17)21/h11,18H,1-10H2,(H,15,19,20).